The number of carbonyl (C=O) groups is 1. The van der Waals surface area contributed by atoms with Crippen LogP contribution in [0.5, 0.6) is 0 Å². The van der Waals surface area contributed by atoms with E-state index >= 15 is 0 Å². The summed E-state index contributed by atoms with van der Waals surface area (Å²) in [6, 6.07) is 7.07. The molecule has 2 aromatic rings. The number of aromatic carboxylic acids is 1. The average molecular weight is 362 g/mol. The Labute approximate surface area is 117 Å². The van der Waals surface area contributed by atoms with E-state index in [1.807, 2.05) is 19.1 Å². The quantitative estimate of drug-likeness (QED) is 0.828. The number of carboxylic acid groups (broad SMARTS) is 1. The Kier molecular flexibility index (Phi) is 3.44. The lowest BCUT2D eigenvalue weighted by Crippen LogP contribution is -2.06. The average Bonchev–Trinajstić information content (AvgIpc) is 2.64. The Morgan fingerprint density at radius 2 is 2.18 bits per heavy atom. The van der Waals surface area contributed by atoms with Gasteiger partial charge in [-0.05, 0) is 53.3 Å². The molecule has 0 amide bonds. The third kappa shape index (κ3) is 2.32. The molecule has 0 saturated heterocycles. The molecular weight excluding hydrogens is 352 g/mol. The summed E-state index contributed by atoms with van der Waals surface area (Å²) in [6.45, 7) is 1.87. The van der Waals surface area contributed by atoms with Crippen molar-refractivity contribution in [2.24, 2.45) is 0 Å². The minimum Gasteiger partial charge on any atom is -0.477 e. The lowest BCUT2D eigenvalue weighted by Gasteiger charge is -2.10. The normalized spacial score (nSPS) is 10.5. The minimum absolute atomic E-state index is 0.236. The zero-order chi connectivity index (χ0) is 12.6. The standard InChI is InChI=1S/C12H9ClINO2/c1-7-9(13)3-2-4-10(7)15-6-8(14)5-11(15)12(16)17/h2-6H,1H3,(H,16,17). The molecule has 0 unspecified atom stereocenters. The monoisotopic (exact) mass is 361 g/mol. The summed E-state index contributed by atoms with van der Waals surface area (Å²) in [4.78, 5) is 11.1. The molecule has 2 rings (SSSR count). The van der Waals surface area contributed by atoms with Crippen LogP contribution in [0.25, 0.3) is 5.69 Å². The molecule has 0 radical (unpaired) electrons. The van der Waals surface area contributed by atoms with E-state index in [0.29, 0.717) is 5.02 Å². The SMILES string of the molecule is Cc1c(Cl)cccc1-n1cc(I)cc1C(=O)O. The van der Waals surface area contributed by atoms with E-state index in [-0.39, 0.29) is 5.69 Å². The highest BCUT2D eigenvalue weighted by Gasteiger charge is 2.14. The van der Waals surface area contributed by atoms with Gasteiger partial charge in [0.15, 0.2) is 0 Å². The molecular formula is C12H9ClINO2. The van der Waals surface area contributed by atoms with E-state index < -0.39 is 5.97 Å². The molecule has 0 atom stereocenters. The number of benzene rings is 1. The largest absolute Gasteiger partial charge is 0.477 e. The highest BCUT2D eigenvalue weighted by molar-refractivity contribution is 14.1. The molecule has 0 aliphatic heterocycles. The van der Waals surface area contributed by atoms with Crippen LogP contribution in [0.3, 0.4) is 0 Å². The molecule has 1 aromatic carbocycles. The first-order valence-corrected chi connectivity index (χ1v) is 6.33. The maximum atomic E-state index is 11.1. The maximum Gasteiger partial charge on any atom is 0.352 e. The molecule has 1 N–H and O–H groups in total. The van der Waals surface area contributed by atoms with Gasteiger partial charge in [0.05, 0.1) is 5.69 Å². The second kappa shape index (κ2) is 4.70. The number of halogens is 2. The lowest BCUT2D eigenvalue weighted by molar-refractivity contribution is 0.0688. The minimum atomic E-state index is -0.952. The number of hydrogen-bond donors (Lipinski definition) is 1. The summed E-state index contributed by atoms with van der Waals surface area (Å²) in [5.41, 5.74) is 1.89. The van der Waals surface area contributed by atoms with Crippen LogP contribution in [0.4, 0.5) is 0 Å². The van der Waals surface area contributed by atoms with Gasteiger partial charge in [0.25, 0.3) is 0 Å². The van der Waals surface area contributed by atoms with E-state index in [9.17, 15) is 4.79 Å². The zero-order valence-electron chi connectivity index (χ0n) is 8.95. The smallest absolute Gasteiger partial charge is 0.352 e. The van der Waals surface area contributed by atoms with Crippen molar-refractivity contribution in [3.05, 3.63) is 50.3 Å². The number of nitrogens with zero attached hydrogens (tertiary/aromatic N) is 1. The predicted octanol–water partition coefficient (Wildman–Crippen LogP) is 3.74. The molecule has 17 heavy (non-hydrogen) atoms. The number of aromatic nitrogens is 1. The molecule has 5 heteroatoms. The molecule has 0 spiro atoms. The van der Waals surface area contributed by atoms with Crippen molar-refractivity contribution in [3.8, 4) is 5.69 Å². The van der Waals surface area contributed by atoms with Crippen LogP contribution in [0.1, 0.15) is 16.1 Å². The molecule has 0 saturated carbocycles. The molecule has 88 valence electrons. The Balaban J connectivity index is 2.68. The van der Waals surface area contributed by atoms with E-state index in [0.717, 1.165) is 14.8 Å². The highest BCUT2D eigenvalue weighted by Crippen LogP contribution is 2.25. The summed E-state index contributed by atoms with van der Waals surface area (Å²) in [5.74, 6) is -0.952. The first-order valence-electron chi connectivity index (χ1n) is 4.87. The molecule has 1 aromatic heterocycles. The highest BCUT2D eigenvalue weighted by atomic mass is 127. The van der Waals surface area contributed by atoms with Crippen molar-refractivity contribution < 1.29 is 9.90 Å². The van der Waals surface area contributed by atoms with Crippen molar-refractivity contribution >= 4 is 40.2 Å². The fraction of sp³-hybridized carbons (Fsp3) is 0.0833. The number of hydrogen-bond acceptors (Lipinski definition) is 1. The van der Waals surface area contributed by atoms with Crippen LogP contribution in [-0.2, 0) is 0 Å². The Bertz CT molecular complexity index is 592. The van der Waals surface area contributed by atoms with Gasteiger partial charge < -0.3 is 9.67 Å². The lowest BCUT2D eigenvalue weighted by atomic mass is 10.2. The summed E-state index contributed by atoms with van der Waals surface area (Å²) in [6.07, 6.45) is 1.78. The van der Waals surface area contributed by atoms with E-state index in [2.05, 4.69) is 22.6 Å². The van der Waals surface area contributed by atoms with Gasteiger partial charge in [0, 0.05) is 14.8 Å². The summed E-state index contributed by atoms with van der Waals surface area (Å²) >= 11 is 8.13. The Hall–Kier alpha value is -1.01. The number of rotatable bonds is 2. The van der Waals surface area contributed by atoms with Crippen LogP contribution >= 0.6 is 34.2 Å². The molecule has 0 fully saturated rings. The third-order valence-corrected chi connectivity index (χ3v) is 3.50. The maximum absolute atomic E-state index is 11.1. The van der Waals surface area contributed by atoms with Crippen molar-refractivity contribution in [2.45, 2.75) is 6.92 Å². The molecule has 3 nitrogen and oxygen atoms in total. The molecule has 0 aliphatic carbocycles. The van der Waals surface area contributed by atoms with Gasteiger partial charge in [0.2, 0.25) is 0 Å². The van der Waals surface area contributed by atoms with E-state index in [1.165, 1.54) is 0 Å². The Morgan fingerprint density at radius 1 is 1.47 bits per heavy atom. The molecule has 0 aliphatic rings. The van der Waals surface area contributed by atoms with Crippen LogP contribution < -0.4 is 0 Å². The van der Waals surface area contributed by atoms with Gasteiger partial charge in [-0.15, -0.1) is 0 Å². The zero-order valence-corrected chi connectivity index (χ0v) is 11.9. The van der Waals surface area contributed by atoms with E-state index in [4.69, 9.17) is 16.7 Å². The fourth-order valence-electron chi connectivity index (χ4n) is 1.65. The van der Waals surface area contributed by atoms with Crippen LogP contribution in [0, 0.1) is 10.5 Å². The topological polar surface area (TPSA) is 42.2 Å². The summed E-state index contributed by atoms with van der Waals surface area (Å²) < 4.78 is 2.52. The van der Waals surface area contributed by atoms with Crippen molar-refractivity contribution in [3.63, 3.8) is 0 Å². The van der Waals surface area contributed by atoms with Gasteiger partial charge in [0.1, 0.15) is 5.69 Å². The van der Waals surface area contributed by atoms with Gasteiger partial charge in [-0.3, -0.25) is 0 Å². The van der Waals surface area contributed by atoms with Gasteiger partial charge in [-0.25, -0.2) is 4.79 Å². The van der Waals surface area contributed by atoms with E-state index in [1.54, 1.807) is 22.9 Å². The first kappa shape index (κ1) is 12.4. The van der Waals surface area contributed by atoms with Crippen LogP contribution in [0.15, 0.2) is 30.5 Å². The van der Waals surface area contributed by atoms with Gasteiger partial charge in [-0.1, -0.05) is 17.7 Å². The van der Waals surface area contributed by atoms with Crippen LogP contribution in [-0.4, -0.2) is 15.6 Å². The van der Waals surface area contributed by atoms with Gasteiger partial charge in [-0.2, -0.15) is 0 Å². The second-order valence-corrected chi connectivity index (χ2v) is 5.26. The third-order valence-electron chi connectivity index (χ3n) is 2.50. The predicted molar refractivity (Wildman–Crippen MR) is 75.2 cm³/mol. The van der Waals surface area contributed by atoms with Crippen molar-refractivity contribution in [1.29, 1.82) is 0 Å². The summed E-state index contributed by atoms with van der Waals surface area (Å²) in [7, 11) is 0. The van der Waals surface area contributed by atoms with Crippen molar-refractivity contribution in [2.75, 3.05) is 0 Å². The Morgan fingerprint density at radius 3 is 2.82 bits per heavy atom. The summed E-state index contributed by atoms with van der Waals surface area (Å²) in [5, 5.41) is 9.77. The first-order chi connectivity index (χ1) is 8.00. The molecule has 1 heterocycles. The van der Waals surface area contributed by atoms with Crippen molar-refractivity contribution in [1.82, 2.24) is 4.57 Å². The number of carboxylic acids is 1. The van der Waals surface area contributed by atoms with Gasteiger partial charge >= 0.3 is 5.97 Å². The fourth-order valence-corrected chi connectivity index (χ4v) is 2.39. The molecule has 0 bridgehead atoms. The second-order valence-electron chi connectivity index (χ2n) is 3.60. The van der Waals surface area contributed by atoms with Crippen LogP contribution in [0.2, 0.25) is 5.02 Å².